The molecule has 1 amide bonds. The van der Waals surface area contributed by atoms with Gasteiger partial charge in [-0.25, -0.2) is 0 Å². The standard InChI is InChI=1S/C18H19BrN2O2/c1-13(2)21(16-5-4-10-20-12-16)18(22)9-6-14-11-15(19)7-8-17(14)23-3/h4-13H,1-3H3/b9-6+. The van der Waals surface area contributed by atoms with Gasteiger partial charge in [0.25, 0.3) is 5.91 Å². The molecule has 0 aliphatic carbocycles. The van der Waals surface area contributed by atoms with Crippen LogP contribution in [-0.4, -0.2) is 24.0 Å². The number of hydrogen-bond donors (Lipinski definition) is 0. The second-order valence-corrected chi connectivity index (χ2v) is 6.15. The van der Waals surface area contributed by atoms with Crippen LogP contribution in [0.5, 0.6) is 5.75 Å². The molecule has 0 fully saturated rings. The number of nitrogens with zero attached hydrogens (tertiary/aromatic N) is 2. The summed E-state index contributed by atoms with van der Waals surface area (Å²) in [6.07, 6.45) is 6.69. The van der Waals surface area contributed by atoms with E-state index in [1.54, 1.807) is 36.6 Å². The minimum Gasteiger partial charge on any atom is -0.496 e. The molecule has 0 radical (unpaired) electrons. The lowest BCUT2D eigenvalue weighted by Crippen LogP contribution is -2.35. The maximum absolute atomic E-state index is 12.6. The summed E-state index contributed by atoms with van der Waals surface area (Å²) in [5.74, 6) is 0.616. The Bertz CT molecular complexity index is 699. The van der Waals surface area contributed by atoms with Crippen molar-refractivity contribution in [3.05, 3.63) is 58.8 Å². The van der Waals surface area contributed by atoms with E-state index in [1.807, 2.05) is 44.2 Å². The van der Waals surface area contributed by atoms with Gasteiger partial charge < -0.3 is 9.64 Å². The van der Waals surface area contributed by atoms with Crippen LogP contribution in [0, 0.1) is 0 Å². The molecule has 0 saturated carbocycles. The zero-order valence-corrected chi connectivity index (χ0v) is 14.9. The molecule has 0 atom stereocenters. The Hall–Kier alpha value is -2.14. The number of halogens is 1. The summed E-state index contributed by atoms with van der Waals surface area (Å²) in [6, 6.07) is 9.38. The Balaban J connectivity index is 2.27. The zero-order valence-electron chi connectivity index (χ0n) is 13.4. The predicted octanol–water partition coefficient (Wildman–Crippen LogP) is 4.31. The van der Waals surface area contributed by atoms with E-state index < -0.39 is 0 Å². The average molecular weight is 375 g/mol. The first kappa shape index (κ1) is 17.2. The molecule has 2 aromatic rings. The zero-order chi connectivity index (χ0) is 16.8. The van der Waals surface area contributed by atoms with Crippen molar-refractivity contribution in [1.82, 2.24) is 4.98 Å². The van der Waals surface area contributed by atoms with Crippen molar-refractivity contribution in [2.24, 2.45) is 0 Å². The van der Waals surface area contributed by atoms with Gasteiger partial charge in [0.05, 0.1) is 19.0 Å². The van der Waals surface area contributed by atoms with E-state index in [2.05, 4.69) is 20.9 Å². The number of rotatable bonds is 5. The maximum Gasteiger partial charge on any atom is 0.251 e. The van der Waals surface area contributed by atoms with E-state index in [-0.39, 0.29) is 11.9 Å². The van der Waals surface area contributed by atoms with E-state index in [0.717, 1.165) is 21.5 Å². The highest BCUT2D eigenvalue weighted by Gasteiger charge is 2.16. The van der Waals surface area contributed by atoms with Gasteiger partial charge in [0, 0.05) is 28.4 Å². The normalized spacial score (nSPS) is 11.0. The Morgan fingerprint density at radius 1 is 1.35 bits per heavy atom. The van der Waals surface area contributed by atoms with Crippen LogP contribution >= 0.6 is 15.9 Å². The summed E-state index contributed by atoms with van der Waals surface area (Å²) < 4.78 is 6.25. The van der Waals surface area contributed by atoms with Gasteiger partial charge in [0.15, 0.2) is 0 Å². The van der Waals surface area contributed by atoms with Crippen LogP contribution in [0.3, 0.4) is 0 Å². The molecular formula is C18H19BrN2O2. The summed E-state index contributed by atoms with van der Waals surface area (Å²) in [6.45, 7) is 3.94. The van der Waals surface area contributed by atoms with Crippen LogP contribution in [0.4, 0.5) is 5.69 Å². The smallest absolute Gasteiger partial charge is 0.251 e. The molecular weight excluding hydrogens is 356 g/mol. The van der Waals surface area contributed by atoms with Gasteiger partial charge in [0.2, 0.25) is 0 Å². The van der Waals surface area contributed by atoms with Gasteiger partial charge in [-0.05, 0) is 50.3 Å². The van der Waals surface area contributed by atoms with E-state index in [4.69, 9.17) is 4.74 Å². The average Bonchev–Trinajstić information content (AvgIpc) is 2.54. The van der Waals surface area contributed by atoms with Crippen molar-refractivity contribution in [3.63, 3.8) is 0 Å². The first-order chi connectivity index (χ1) is 11.0. The van der Waals surface area contributed by atoms with Crippen molar-refractivity contribution in [1.29, 1.82) is 0 Å². The molecule has 5 heteroatoms. The highest BCUT2D eigenvalue weighted by molar-refractivity contribution is 9.10. The van der Waals surface area contributed by atoms with Gasteiger partial charge in [-0.3, -0.25) is 9.78 Å². The fourth-order valence-electron chi connectivity index (χ4n) is 2.25. The van der Waals surface area contributed by atoms with Crippen molar-refractivity contribution >= 4 is 33.6 Å². The molecule has 1 aromatic carbocycles. The molecule has 1 heterocycles. The van der Waals surface area contributed by atoms with Gasteiger partial charge in [-0.2, -0.15) is 0 Å². The second-order valence-electron chi connectivity index (χ2n) is 5.23. The van der Waals surface area contributed by atoms with E-state index in [9.17, 15) is 4.79 Å². The largest absolute Gasteiger partial charge is 0.496 e. The van der Waals surface area contributed by atoms with Crippen LogP contribution in [0.15, 0.2) is 53.3 Å². The minimum absolute atomic E-state index is 0.0285. The molecule has 0 aliphatic heterocycles. The topological polar surface area (TPSA) is 42.4 Å². The Kier molecular flexibility index (Phi) is 5.93. The van der Waals surface area contributed by atoms with Gasteiger partial charge in [-0.15, -0.1) is 0 Å². The molecule has 1 aromatic heterocycles. The van der Waals surface area contributed by atoms with Crippen molar-refractivity contribution < 1.29 is 9.53 Å². The Morgan fingerprint density at radius 2 is 2.13 bits per heavy atom. The van der Waals surface area contributed by atoms with E-state index >= 15 is 0 Å². The quantitative estimate of drug-likeness (QED) is 0.732. The lowest BCUT2D eigenvalue weighted by molar-refractivity contribution is -0.114. The number of carbonyl (C=O) groups is 1. The van der Waals surface area contributed by atoms with Crippen LogP contribution in [0.1, 0.15) is 19.4 Å². The van der Waals surface area contributed by atoms with Gasteiger partial charge >= 0.3 is 0 Å². The molecule has 0 bridgehead atoms. The monoisotopic (exact) mass is 374 g/mol. The molecule has 0 N–H and O–H groups in total. The third kappa shape index (κ3) is 4.42. The van der Waals surface area contributed by atoms with Crippen molar-refractivity contribution in [3.8, 4) is 5.75 Å². The predicted molar refractivity (Wildman–Crippen MR) is 96.6 cm³/mol. The van der Waals surface area contributed by atoms with Crippen LogP contribution in [0.25, 0.3) is 6.08 Å². The van der Waals surface area contributed by atoms with Crippen molar-refractivity contribution in [2.75, 3.05) is 12.0 Å². The molecule has 4 nitrogen and oxygen atoms in total. The molecule has 120 valence electrons. The summed E-state index contributed by atoms with van der Waals surface area (Å²) in [5, 5.41) is 0. The summed E-state index contributed by atoms with van der Waals surface area (Å²) in [7, 11) is 1.61. The van der Waals surface area contributed by atoms with E-state index in [1.165, 1.54) is 0 Å². The molecule has 0 spiro atoms. The molecule has 2 rings (SSSR count). The first-order valence-corrected chi connectivity index (χ1v) is 8.07. The van der Waals surface area contributed by atoms with Crippen molar-refractivity contribution in [2.45, 2.75) is 19.9 Å². The fourth-order valence-corrected chi connectivity index (χ4v) is 2.63. The molecule has 0 saturated heterocycles. The third-order valence-electron chi connectivity index (χ3n) is 3.28. The Morgan fingerprint density at radius 3 is 2.74 bits per heavy atom. The highest BCUT2D eigenvalue weighted by Crippen LogP contribution is 2.24. The lowest BCUT2D eigenvalue weighted by atomic mass is 10.1. The third-order valence-corrected chi connectivity index (χ3v) is 3.77. The lowest BCUT2D eigenvalue weighted by Gasteiger charge is -2.25. The van der Waals surface area contributed by atoms with Crippen LogP contribution in [-0.2, 0) is 4.79 Å². The number of pyridine rings is 1. The van der Waals surface area contributed by atoms with Gasteiger partial charge in [0.1, 0.15) is 5.75 Å². The highest BCUT2D eigenvalue weighted by atomic mass is 79.9. The van der Waals surface area contributed by atoms with Crippen LogP contribution in [0.2, 0.25) is 0 Å². The molecule has 0 aliphatic rings. The Labute approximate surface area is 144 Å². The summed E-state index contributed by atoms with van der Waals surface area (Å²) in [5.41, 5.74) is 1.61. The molecule has 0 unspecified atom stereocenters. The van der Waals surface area contributed by atoms with Gasteiger partial charge in [-0.1, -0.05) is 15.9 Å². The first-order valence-electron chi connectivity index (χ1n) is 7.27. The number of hydrogen-bond acceptors (Lipinski definition) is 3. The minimum atomic E-state index is -0.102. The number of carbonyl (C=O) groups excluding carboxylic acids is 1. The number of methoxy groups -OCH3 is 1. The fraction of sp³-hybridized carbons (Fsp3) is 0.222. The van der Waals surface area contributed by atoms with E-state index in [0.29, 0.717) is 0 Å². The number of ether oxygens (including phenoxy) is 1. The number of anilines is 1. The van der Waals surface area contributed by atoms with Crippen LogP contribution < -0.4 is 9.64 Å². The number of amides is 1. The summed E-state index contributed by atoms with van der Waals surface area (Å²) >= 11 is 3.43. The summed E-state index contributed by atoms with van der Waals surface area (Å²) in [4.78, 5) is 18.4. The number of aromatic nitrogens is 1. The maximum atomic E-state index is 12.6. The SMILES string of the molecule is COc1ccc(Br)cc1/C=C/C(=O)N(c1cccnc1)C(C)C. The number of benzene rings is 1. The molecule has 23 heavy (non-hydrogen) atoms. The second kappa shape index (κ2) is 7.92.